The van der Waals surface area contributed by atoms with E-state index in [2.05, 4.69) is 48.9 Å². The second-order valence-electron chi connectivity index (χ2n) is 8.21. The molecule has 0 bridgehead atoms. The summed E-state index contributed by atoms with van der Waals surface area (Å²) in [5, 5.41) is 0.718. The van der Waals surface area contributed by atoms with E-state index in [1.54, 1.807) is 0 Å². The summed E-state index contributed by atoms with van der Waals surface area (Å²) in [7, 11) is 2.19. The van der Waals surface area contributed by atoms with Gasteiger partial charge in [0.2, 0.25) is 0 Å². The van der Waals surface area contributed by atoms with Crippen LogP contribution in [0.4, 0.5) is 5.69 Å². The fraction of sp³-hybridized carbons (Fsp3) is 0.696. The quantitative estimate of drug-likeness (QED) is 0.433. The van der Waals surface area contributed by atoms with Gasteiger partial charge < -0.3 is 15.4 Å². The number of likely N-dealkylation sites (N-methyl/N-ethyl adjacent to an activating group) is 1. The standard InChI is InChI=1S/C23H39N3OS/c1-4-6-7-19(5-2)18-27-23(28)11-10-21-9-8-20(16-22(21)24)17-26-14-12-25(3)13-15-26/h8-9,16,19H,4-7,10-15,17-18,24H2,1-3H3. The van der Waals surface area contributed by atoms with Gasteiger partial charge in [-0.1, -0.05) is 45.2 Å². The zero-order valence-electron chi connectivity index (χ0n) is 18.1. The van der Waals surface area contributed by atoms with E-state index in [-0.39, 0.29) is 0 Å². The van der Waals surface area contributed by atoms with Crippen molar-refractivity contribution in [1.29, 1.82) is 0 Å². The number of anilines is 1. The van der Waals surface area contributed by atoms with Crippen LogP contribution in [0.5, 0.6) is 0 Å². The normalized spacial score (nSPS) is 16.8. The number of hydrogen-bond donors (Lipinski definition) is 1. The van der Waals surface area contributed by atoms with E-state index in [0.717, 1.165) is 69.3 Å². The molecule has 0 saturated carbocycles. The van der Waals surface area contributed by atoms with Crippen LogP contribution < -0.4 is 5.73 Å². The molecule has 1 aromatic carbocycles. The second kappa shape index (κ2) is 12.4. The van der Waals surface area contributed by atoms with Crippen LogP contribution in [-0.4, -0.2) is 54.7 Å². The molecule has 1 aliphatic heterocycles. The number of nitrogen functional groups attached to an aromatic ring is 1. The maximum absolute atomic E-state index is 6.32. The number of nitrogens with zero attached hydrogens (tertiary/aromatic N) is 2. The largest absolute Gasteiger partial charge is 0.487 e. The van der Waals surface area contributed by atoms with E-state index in [0.29, 0.717) is 5.92 Å². The summed E-state index contributed by atoms with van der Waals surface area (Å²) in [4.78, 5) is 4.88. The molecule has 1 unspecified atom stereocenters. The number of piperazine rings is 1. The molecule has 0 radical (unpaired) electrons. The average Bonchev–Trinajstić information content (AvgIpc) is 2.69. The van der Waals surface area contributed by atoms with E-state index in [9.17, 15) is 0 Å². The Kier molecular flexibility index (Phi) is 10.2. The smallest absolute Gasteiger partial charge is 0.160 e. The second-order valence-corrected chi connectivity index (χ2v) is 8.67. The van der Waals surface area contributed by atoms with E-state index >= 15 is 0 Å². The number of unbranched alkanes of at least 4 members (excludes halogenated alkanes) is 1. The van der Waals surface area contributed by atoms with Crippen LogP contribution in [0.2, 0.25) is 0 Å². The van der Waals surface area contributed by atoms with E-state index in [1.807, 2.05) is 0 Å². The summed E-state index contributed by atoms with van der Waals surface area (Å²) in [6.45, 7) is 10.7. The van der Waals surface area contributed by atoms with Crippen molar-refractivity contribution in [3.63, 3.8) is 0 Å². The van der Waals surface area contributed by atoms with Gasteiger partial charge in [0.15, 0.2) is 5.05 Å². The molecule has 1 saturated heterocycles. The van der Waals surface area contributed by atoms with Gasteiger partial charge >= 0.3 is 0 Å². The van der Waals surface area contributed by atoms with Gasteiger partial charge in [-0.05, 0) is 55.2 Å². The van der Waals surface area contributed by atoms with Crippen LogP contribution in [0.25, 0.3) is 0 Å². The minimum absolute atomic E-state index is 0.622. The number of rotatable bonds is 11. The van der Waals surface area contributed by atoms with Gasteiger partial charge in [-0.15, -0.1) is 0 Å². The predicted molar refractivity (Wildman–Crippen MR) is 124 cm³/mol. The molecule has 1 aliphatic rings. The zero-order chi connectivity index (χ0) is 20.4. The molecule has 158 valence electrons. The fourth-order valence-electron chi connectivity index (χ4n) is 3.65. The number of benzene rings is 1. The first-order chi connectivity index (χ1) is 13.5. The Morgan fingerprint density at radius 1 is 1.21 bits per heavy atom. The van der Waals surface area contributed by atoms with Gasteiger partial charge in [0.25, 0.3) is 0 Å². The summed E-state index contributed by atoms with van der Waals surface area (Å²) in [6.07, 6.45) is 6.52. The molecule has 0 aromatic heterocycles. The van der Waals surface area contributed by atoms with Crippen LogP contribution in [0.1, 0.15) is 57.1 Å². The van der Waals surface area contributed by atoms with Gasteiger partial charge in [-0.3, -0.25) is 4.90 Å². The molecule has 28 heavy (non-hydrogen) atoms. The summed E-state index contributed by atoms with van der Waals surface area (Å²) >= 11 is 5.45. The number of thiocarbonyl (C=S) groups is 1. The molecule has 1 fully saturated rings. The minimum atomic E-state index is 0.622. The van der Waals surface area contributed by atoms with Gasteiger partial charge in [0.1, 0.15) is 0 Å². The highest BCUT2D eigenvalue weighted by atomic mass is 32.1. The average molecular weight is 406 g/mol. The molecule has 0 amide bonds. The zero-order valence-corrected chi connectivity index (χ0v) is 18.9. The van der Waals surface area contributed by atoms with E-state index < -0.39 is 0 Å². The van der Waals surface area contributed by atoms with Crippen molar-refractivity contribution in [1.82, 2.24) is 9.80 Å². The van der Waals surface area contributed by atoms with Crippen molar-refractivity contribution < 1.29 is 4.74 Å². The Hall–Kier alpha value is -1.17. The lowest BCUT2D eigenvalue weighted by Gasteiger charge is -2.32. The van der Waals surface area contributed by atoms with Gasteiger partial charge in [0.05, 0.1) is 6.61 Å². The topological polar surface area (TPSA) is 41.7 Å². The third kappa shape index (κ3) is 8.06. The number of aryl methyl sites for hydroxylation is 1. The van der Waals surface area contributed by atoms with Crippen molar-refractivity contribution in [3.8, 4) is 0 Å². The van der Waals surface area contributed by atoms with Crippen molar-refractivity contribution in [2.75, 3.05) is 45.6 Å². The minimum Gasteiger partial charge on any atom is -0.487 e. The number of nitrogens with two attached hydrogens (primary N) is 1. The van der Waals surface area contributed by atoms with Crippen molar-refractivity contribution >= 4 is 23.0 Å². The Bertz CT molecular complexity index is 600. The first-order valence-corrected chi connectivity index (χ1v) is 11.4. The first kappa shape index (κ1) is 23.1. The van der Waals surface area contributed by atoms with E-state index in [4.69, 9.17) is 22.7 Å². The van der Waals surface area contributed by atoms with Gasteiger partial charge in [-0.2, -0.15) is 0 Å². The van der Waals surface area contributed by atoms with Crippen LogP contribution in [0.3, 0.4) is 0 Å². The summed E-state index contributed by atoms with van der Waals surface area (Å²) in [6, 6.07) is 6.51. The summed E-state index contributed by atoms with van der Waals surface area (Å²) in [5.74, 6) is 0.622. The predicted octanol–water partition coefficient (Wildman–Crippen LogP) is 4.51. The molecule has 1 aromatic rings. The van der Waals surface area contributed by atoms with E-state index in [1.165, 1.54) is 30.4 Å². The molecule has 1 atom stereocenters. The lowest BCUT2D eigenvalue weighted by molar-refractivity contribution is 0.148. The molecule has 5 heteroatoms. The first-order valence-electron chi connectivity index (χ1n) is 11.0. The SMILES string of the molecule is CCCCC(CC)COC(=S)CCc1ccc(CN2CCN(C)CC2)cc1N. The monoisotopic (exact) mass is 405 g/mol. The lowest BCUT2D eigenvalue weighted by Crippen LogP contribution is -2.43. The third-order valence-corrected chi connectivity index (χ3v) is 6.16. The highest BCUT2D eigenvalue weighted by molar-refractivity contribution is 7.80. The summed E-state index contributed by atoms with van der Waals surface area (Å²) in [5.41, 5.74) is 9.67. The Labute approximate surface area is 177 Å². The number of hydrogen-bond acceptors (Lipinski definition) is 5. The van der Waals surface area contributed by atoms with Gasteiger partial charge in [0, 0.05) is 44.8 Å². The number of ether oxygens (including phenoxy) is 1. The van der Waals surface area contributed by atoms with Crippen molar-refractivity contribution in [2.45, 2.75) is 58.9 Å². The van der Waals surface area contributed by atoms with Crippen molar-refractivity contribution in [2.24, 2.45) is 5.92 Å². The van der Waals surface area contributed by atoms with Crippen LogP contribution in [-0.2, 0) is 17.7 Å². The van der Waals surface area contributed by atoms with Crippen LogP contribution in [0, 0.1) is 5.92 Å². The van der Waals surface area contributed by atoms with Crippen LogP contribution >= 0.6 is 12.2 Å². The molecule has 0 aliphatic carbocycles. The highest BCUT2D eigenvalue weighted by Crippen LogP contribution is 2.19. The molecular weight excluding hydrogens is 366 g/mol. The lowest BCUT2D eigenvalue weighted by atomic mass is 10.0. The molecule has 2 N–H and O–H groups in total. The molecule has 4 nitrogen and oxygen atoms in total. The molecule has 0 spiro atoms. The maximum atomic E-state index is 6.32. The maximum Gasteiger partial charge on any atom is 0.160 e. The third-order valence-electron chi connectivity index (χ3n) is 5.83. The highest BCUT2D eigenvalue weighted by Gasteiger charge is 2.14. The summed E-state index contributed by atoms with van der Waals surface area (Å²) < 4.78 is 5.87. The molecular formula is C23H39N3OS. The Morgan fingerprint density at radius 3 is 2.61 bits per heavy atom. The fourth-order valence-corrected chi connectivity index (χ4v) is 3.82. The molecule has 2 rings (SSSR count). The van der Waals surface area contributed by atoms with Crippen molar-refractivity contribution in [3.05, 3.63) is 29.3 Å². The Balaban J connectivity index is 1.75. The van der Waals surface area contributed by atoms with Gasteiger partial charge in [-0.25, -0.2) is 0 Å². The van der Waals surface area contributed by atoms with Crippen LogP contribution in [0.15, 0.2) is 18.2 Å². The Morgan fingerprint density at radius 2 is 1.96 bits per heavy atom. The molecule has 1 heterocycles.